The molecule has 2 aromatic carbocycles. The third-order valence-electron chi connectivity index (χ3n) is 5.71. The Morgan fingerprint density at radius 1 is 1.04 bits per heavy atom. The number of phenolic OH excluding ortho intramolecular Hbond substituents is 1. The zero-order valence-electron chi connectivity index (χ0n) is 16.7. The molecule has 1 fully saturated rings. The van der Waals surface area contributed by atoms with Crippen LogP contribution in [0.3, 0.4) is 0 Å². The Bertz CT molecular complexity index is 646. The first-order chi connectivity index (χ1) is 12.5. The minimum Gasteiger partial charge on any atom is -0.508 e. The molecule has 0 heterocycles. The molecule has 2 aromatic rings. The van der Waals surface area contributed by atoms with Gasteiger partial charge in [0.1, 0.15) is 5.75 Å². The lowest BCUT2D eigenvalue weighted by Gasteiger charge is -2.45. The molecule has 0 amide bonds. The van der Waals surface area contributed by atoms with Gasteiger partial charge in [0.2, 0.25) is 0 Å². The lowest BCUT2D eigenvalue weighted by Crippen LogP contribution is -2.47. The molecule has 3 rings (SSSR count). The van der Waals surface area contributed by atoms with Crippen LogP contribution in [-0.2, 0) is 12.0 Å². The van der Waals surface area contributed by atoms with Crippen molar-refractivity contribution in [3.05, 3.63) is 65.7 Å². The molecule has 1 saturated carbocycles. The number of rotatable bonds is 4. The smallest absolute Gasteiger partial charge is 0.115 e. The van der Waals surface area contributed by atoms with Gasteiger partial charge in [0.05, 0.1) is 0 Å². The number of aryl methyl sites for hydroxylation is 1. The van der Waals surface area contributed by atoms with E-state index in [0.717, 1.165) is 19.3 Å². The summed E-state index contributed by atoms with van der Waals surface area (Å²) in [6.07, 6.45) is 5.78. The van der Waals surface area contributed by atoms with Gasteiger partial charge in [0, 0.05) is 11.6 Å². The van der Waals surface area contributed by atoms with Crippen molar-refractivity contribution in [2.45, 2.75) is 50.6 Å². The zero-order valence-corrected chi connectivity index (χ0v) is 16.7. The summed E-state index contributed by atoms with van der Waals surface area (Å²) in [5.74, 6) is 0.365. The quantitative estimate of drug-likeness (QED) is 0.845. The molecule has 0 saturated heterocycles. The van der Waals surface area contributed by atoms with Crippen LogP contribution in [0.5, 0.6) is 5.75 Å². The van der Waals surface area contributed by atoms with Crippen LogP contribution in [0.4, 0.5) is 0 Å². The summed E-state index contributed by atoms with van der Waals surface area (Å²) in [6.45, 7) is 2.16. The van der Waals surface area contributed by atoms with E-state index in [2.05, 4.69) is 61.6 Å². The SMILES string of the molecule is CCc1ccccc1.CNC1CCC(c2cccc(O)c2)(N(C)C)CC1. The Morgan fingerprint density at radius 2 is 1.69 bits per heavy atom. The standard InChI is InChI=1S/C15H24N2O.C8H10/c1-16-13-7-9-15(10-8-13,17(2)3)12-5-4-6-14(18)11-12;1-2-8-6-4-3-5-7-8/h4-6,11,13,16,18H,7-10H2,1-3H3;3-7H,2H2,1H3. The van der Waals surface area contributed by atoms with Gasteiger partial charge >= 0.3 is 0 Å². The molecule has 0 aromatic heterocycles. The fourth-order valence-corrected chi connectivity index (χ4v) is 3.89. The molecule has 3 nitrogen and oxygen atoms in total. The number of phenols is 1. The second-order valence-corrected chi connectivity index (χ2v) is 7.38. The average molecular weight is 355 g/mol. The van der Waals surface area contributed by atoms with E-state index in [0.29, 0.717) is 11.8 Å². The maximum absolute atomic E-state index is 9.71. The number of hydrogen-bond acceptors (Lipinski definition) is 3. The minimum atomic E-state index is 0.0755. The van der Waals surface area contributed by atoms with Gasteiger partial charge in [-0.15, -0.1) is 0 Å². The molecule has 0 radical (unpaired) electrons. The van der Waals surface area contributed by atoms with Crippen molar-refractivity contribution in [3.8, 4) is 5.75 Å². The maximum Gasteiger partial charge on any atom is 0.115 e. The Labute approximate surface area is 159 Å². The largest absolute Gasteiger partial charge is 0.508 e. The average Bonchev–Trinajstić information content (AvgIpc) is 2.69. The first kappa shape index (κ1) is 20.5. The maximum atomic E-state index is 9.71. The van der Waals surface area contributed by atoms with E-state index in [4.69, 9.17) is 0 Å². The molecule has 1 aliphatic rings. The molecule has 0 atom stereocenters. The third kappa shape index (κ3) is 5.09. The monoisotopic (exact) mass is 354 g/mol. The molecule has 0 unspecified atom stereocenters. The molecule has 26 heavy (non-hydrogen) atoms. The summed E-state index contributed by atoms with van der Waals surface area (Å²) in [5, 5.41) is 13.1. The summed E-state index contributed by atoms with van der Waals surface area (Å²) in [4.78, 5) is 2.31. The van der Waals surface area contributed by atoms with E-state index >= 15 is 0 Å². The summed E-state index contributed by atoms with van der Waals surface area (Å²) >= 11 is 0. The molecule has 1 aliphatic carbocycles. The third-order valence-corrected chi connectivity index (χ3v) is 5.71. The number of benzene rings is 2. The highest BCUT2D eigenvalue weighted by molar-refractivity contribution is 5.33. The van der Waals surface area contributed by atoms with Gasteiger partial charge in [-0.05, 0) is 76.5 Å². The normalized spacial score (nSPS) is 22.6. The first-order valence-corrected chi connectivity index (χ1v) is 9.70. The highest BCUT2D eigenvalue weighted by Gasteiger charge is 2.38. The van der Waals surface area contributed by atoms with Crippen molar-refractivity contribution in [2.75, 3.05) is 21.1 Å². The fourth-order valence-electron chi connectivity index (χ4n) is 3.89. The van der Waals surface area contributed by atoms with Crippen LogP contribution in [0.1, 0.15) is 43.7 Å². The summed E-state index contributed by atoms with van der Waals surface area (Å²) < 4.78 is 0. The van der Waals surface area contributed by atoms with E-state index in [9.17, 15) is 5.11 Å². The predicted octanol–water partition coefficient (Wildman–Crippen LogP) is 4.56. The van der Waals surface area contributed by atoms with Gasteiger partial charge in [-0.1, -0.05) is 49.4 Å². The number of nitrogens with one attached hydrogen (secondary N) is 1. The van der Waals surface area contributed by atoms with Crippen LogP contribution in [0.25, 0.3) is 0 Å². The molecule has 3 heteroatoms. The molecule has 142 valence electrons. The van der Waals surface area contributed by atoms with Crippen molar-refractivity contribution in [1.82, 2.24) is 10.2 Å². The predicted molar refractivity (Wildman–Crippen MR) is 111 cm³/mol. The van der Waals surface area contributed by atoms with Crippen LogP contribution in [0, 0.1) is 0 Å². The van der Waals surface area contributed by atoms with Crippen LogP contribution in [-0.4, -0.2) is 37.2 Å². The molecule has 0 spiro atoms. The summed E-state index contributed by atoms with van der Waals surface area (Å²) in [5.41, 5.74) is 2.72. The highest BCUT2D eigenvalue weighted by Crippen LogP contribution is 2.41. The second-order valence-electron chi connectivity index (χ2n) is 7.38. The van der Waals surface area contributed by atoms with Crippen molar-refractivity contribution in [2.24, 2.45) is 0 Å². The number of aromatic hydroxyl groups is 1. The lowest BCUT2D eigenvalue weighted by molar-refractivity contribution is 0.0868. The van der Waals surface area contributed by atoms with Gasteiger partial charge in [-0.3, -0.25) is 4.90 Å². The van der Waals surface area contributed by atoms with Gasteiger partial charge in [-0.2, -0.15) is 0 Å². The van der Waals surface area contributed by atoms with Gasteiger partial charge in [0.15, 0.2) is 0 Å². The Morgan fingerprint density at radius 3 is 2.15 bits per heavy atom. The Kier molecular flexibility index (Phi) is 7.67. The molecule has 0 aliphatic heterocycles. The number of hydrogen-bond donors (Lipinski definition) is 2. The number of nitrogens with zero attached hydrogens (tertiary/aromatic N) is 1. The minimum absolute atomic E-state index is 0.0755. The zero-order chi connectivity index (χ0) is 19.0. The molecular formula is C23H34N2O. The van der Waals surface area contributed by atoms with Crippen molar-refractivity contribution in [3.63, 3.8) is 0 Å². The van der Waals surface area contributed by atoms with Gasteiger partial charge in [0.25, 0.3) is 0 Å². The second kappa shape index (κ2) is 9.75. The van der Waals surface area contributed by atoms with Crippen molar-refractivity contribution in [1.29, 1.82) is 0 Å². The van der Waals surface area contributed by atoms with E-state index in [-0.39, 0.29) is 5.54 Å². The van der Waals surface area contributed by atoms with E-state index in [1.165, 1.54) is 24.0 Å². The van der Waals surface area contributed by atoms with Crippen molar-refractivity contribution >= 4 is 0 Å². The highest BCUT2D eigenvalue weighted by atomic mass is 16.3. The Hall–Kier alpha value is -1.84. The lowest BCUT2D eigenvalue weighted by atomic mass is 9.74. The molecular weight excluding hydrogens is 320 g/mol. The van der Waals surface area contributed by atoms with E-state index < -0.39 is 0 Å². The first-order valence-electron chi connectivity index (χ1n) is 9.70. The topological polar surface area (TPSA) is 35.5 Å². The van der Waals surface area contributed by atoms with Crippen LogP contribution in [0.15, 0.2) is 54.6 Å². The Balaban J connectivity index is 0.000000254. The molecule has 0 bridgehead atoms. The summed E-state index contributed by atoms with van der Waals surface area (Å²) in [6, 6.07) is 18.8. The van der Waals surface area contributed by atoms with Crippen molar-refractivity contribution < 1.29 is 5.11 Å². The van der Waals surface area contributed by atoms with Gasteiger partial charge in [-0.25, -0.2) is 0 Å². The van der Waals surface area contributed by atoms with E-state index in [1.807, 2.05) is 25.2 Å². The van der Waals surface area contributed by atoms with Gasteiger partial charge < -0.3 is 10.4 Å². The van der Waals surface area contributed by atoms with E-state index in [1.54, 1.807) is 6.07 Å². The van der Waals surface area contributed by atoms with Crippen LogP contribution in [0.2, 0.25) is 0 Å². The summed E-state index contributed by atoms with van der Waals surface area (Å²) in [7, 11) is 6.33. The fraction of sp³-hybridized carbons (Fsp3) is 0.478. The molecule has 2 N–H and O–H groups in total. The van der Waals surface area contributed by atoms with Crippen LogP contribution < -0.4 is 5.32 Å². The van der Waals surface area contributed by atoms with Crippen LogP contribution >= 0.6 is 0 Å².